The first-order chi connectivity index (χ1) is 6.57. The van der Waals surface area contributed by atoms with E-state index < -0.39 is 0 Å². The number of ether oxygens (including phenoxy) is 1. The van der Waals surface area contributed by atoms with Crippen LogP contribution in [-0.4, -0.2) is 12.2 Å². The zero-order chi connectivity index (χ0) is 10.3. The zero-order valence-corrected chi connectivity index (χ0v) is 8.50. The third-order valence-electron chi connectivity index (χ3n) is 2.85. The average molecular weight is 193 g/mol. The second kappa shape index (κ2) is 2.89. The normalized spacial score (nSPS) is 17.9. The maximum Gasteiger partial charge on any atom is 0.160 e. The van der Waals surface area contributed by atoms with Crippen molar-refractivity contribution in [2.75, 3.05) is 7.11 Å². The number of hydrogen-bond donors (Lipinski definition) is 2. The molecule has 0 bridgehead atoms. The number of aromatic hydroxyl groups is 1. The minimum atomic E-state index is -0.201. The molecule has 1 aromatic rings. The Balaban J connectivity index is 2.48. The summed E-state index contributed by atoms with van der Waals surface area (Å²) in [5, 5.41) is 9.63. The van der Waals surface area contributed by atoms with Gasteiger partial charge in [0.05, 0.1) is 7.11 Å². The van der Waals surface area contributed by atoms with Gasteiger partial charge in [-0.3, -0.25) is 0 Å². The molecule has 3 N–H and O–H groups in total. The van der Waals surface area contributed by atoms with Crippen molar-refractivity contribution in [2.45, 2.75) is 25.3 Å². The SMILES string of the molecule is COc1cc(C)c(C2(N)CC2)cc1O. The van der Waals surface area contributed by atoms with Crippen LogP contribution in [0.3, 0.4) is 0 Å². The molecule has 1 fully saturated rings. The first-order valence-corrected chi connectivity index (χ1v) is 4.74. The molecular formula is C11H15NO2. The van der Waals surface area contributed by atoms with Crippen LogP contribution in [-0.2, 0) is 5.54 Å². The van der Waals surface area contributed by atoms with E-state index in [1.54, 1.807) is 13.2 Å². The van der Waals surface area contributed by atoms with Gasteiger partial charge < -0.3 is 15.6 Å². The van der Waals surface area contributed by atoms with Crippen LogP contribution in [0.15, 0.2) is 12.1 Å². The van der Waals surface area contributed by atoms with Gasteiger partial charge in [0.2, 0.25) is 0 Å². The molecule has 3 nitrogen and oxygen atoms in total. The highest BCUT2D eigenvalue weighted by atomic mass is 16.5. The fraction of sp³-hybridized carbons (Fsp3) is 0.455. The lowest BCUT2D eigenvalue weighted by Crippen LogP contribution is -2.19. The van der Waals surface area contributed by atoms with Crippen LogP contribution >= 0.6 is 0 Å². The maximum atomic E-state index is 9.63. The van der Waals surface area contributed by atoms with Crippen LogP contribution < -0.4 is 10.5 Å². The predicted molar refractivity (Wildman–Crippen MR) is 54.5 cm³/mol. The van der Waals surface area contributed by atoms with Crippen molar-refractivity contribution in [3.05, 3.63) is 23.3 Å². The molecule has 0 heterocycles. The summed E-state index contributed by atoms with van der Waals surface area (Å²) in [5.74, 6) is 0.681. The molecule has 3 heteroatoms. The summed E-state index contributed by atoms with van der Waals surface area (Å²) in [4.78, 5) is 0. The molecule has 0 aromatic heterocycles. The molecule has 0 spiro atoms. The molecule has 1 aliphatic carbocycles. The van der Waals surface area contributed by atoms with Crippen LogP contribution in [0, 0.1) is 6.92 Å². The zero-order valence-electron chi connectivity index (χ0n) is 8.50. The Hall–Kier alpha value is -1.22. The van der Waals surface area contributed by atoms with Gasteiger partial charge in [-0.05, 0) is 43.0 Å². The summed E-state index contributed by atoms with van der Waals surface area (Å²) in [5.41, 5.74) is 8.00. The van der Waals surface area contributed by atoms with Crippen LogP contribution in [0.1, 0.15) is 24.0 Å². The minimum absolute atomic E-state index is 0.171. The fourth-order valence-corrected chi connectivity index (χ4v) is 1.77. The number of nitrogens with two attached hydrogens (primary N) is 1. The number of phenolic OH excluding ortho intramolecular Hbond substituents is 1. The lowest BCUT2D eigenvalue weighted by molar-refractivity contribution is 0.372. The van der Waals surface area contributed by atoms with Crippen LogP contribution in [0.4, 0.5) is 0 Å². The van der Waals surface area contributed by atoms with Crippen molar-refractivity contribution in [1.29, 1.82) is 0 Å². The van der Waals surface area contributed by atoms with E-state index in [1.807, 2.05) is 13.0 Å². The van der Waals surface area contributed by atoms with E-state index in [2.05, 4.69) is 0 Å². The fourth-order valence-electron chi connectivity index (χ4n) is 1.77. The molecule has 0 saturated heterocycles. The molecular weight excluding hydrogens is 178 g/mol. The number of methoxy groups -OCH3 is 1. The lowest BCUT2D eigenvalue weighted by atomic mass is 9.99. The molecule has 0 atom stereocenters. The first kappa shape index (κ1) is 9.34. The van der Waals surface area contributed by atoms with Gasteiger partial charge >= 0.3 is 0 Å². The van der Waals surface area contributed by atoms with Crippen LogP contribution in [0.5, 0.6) is 11.5 Å². The van der Waals surface area contributed by atoms with Crippen molar-refractivity contribution < 1.29 is 9.84 Å². The maximum absolute atomic E-state index is 9.63. The van der Waals surface area contributed by atoms with Crippen LogP contribution in [0.2, 0.25) is 0 Å². The summed E-state index contributed by atoms with van der Waals surface area (Å²) in [7, 11) is 1.55. The predicted octanol–water partition coefficient (Wildman–Crippen LogP) is 1.66. The van der Waals surface area contributed by atoms with Gasteiger partial charge in [0.15, 0.2) is 11.5 Å². The van der Waals surface area contributed by atoms with Gasteiger partial charge in [-0.2, -0.15) is 0 Å². The van der Waals surface area contributed by atoms with E-state index in [1.165, 1.54) is 0 Å². The van der Waals surface area contributed by atoms with E-state index in [-0.39, 0.29) is 11.3 Å². The number of phenols is 1. The molecule has 1 aliphatic rings. The number of aryl methyl sites for hydroxylation is 1. The highest BCUT2D eigenvalue weighted by Gasteiger charge is 2.41. The molecule has 76 valence electrons. The van der Waals surface area contributed by atoms with Crippen LogP contribution in [0.25, 0.3) is 0 Å². The van der Waals surface area contributed by atoms with E-state index in [9.17, 15) is 5.11 Å². The van der Waals surface area contributed by atoms with E-state index in [4.69, 9.17) is 10.5 Å². The second-order valence-electron chi connectivity index (χ2n) is 4.00. The van der Waals surface area contributed by atoms with Gasteiger partial charge in [0.1, 0.15) is 0 Å². The first-order valence-electron chi connectivity index (χ1n) is 4.74. The Kier molecular flexibility index (Phi) is 1.93. The molecule has 0 radical (unpaired) electrons. The minimum Gasteiger partial charge on any atom is -0.504 e. The van der Waals surface area contributed by atoms with Crippen molar-refractivity contribution in [3.63, 3.8) is 0 Å². The molecule has 0 unspecified atom stereocenters. The Morgan fingerprint density at radius 1 is 1.43 bits per heavy atom. The third-order valence-corrected chi connectivity index (χ3v) is 2.85. The highest BCUT2D eigenvalue weighted by Crippen LogP contribution is 2.46. The summed E-state index contributed by atoms with van der Waals surface area (Å²) < 4.78 is 5.02. The molecule has 0 amide bonds. The van der Waals surface area contributed by atoms with E-state index >= 15 is 0 Å². The summed E-state index contributed by atoms with van der Waals surface area (Å²) in [6.07, 6.45) is 2.00. The summed E-state index contributed by atoms with van der Waals surface area (Å²) in [6.45, 7) is 1.99. The topological polar surface area (TPSA) is 55.5 Å². The monoisotopic (exact) mass is 193 g/mol. The largest absolute Gasteiger partial charge is 0.504 e. The third kappa shape index (κ3) is 1.34. The van der Waals surface area contributed by atoms with Crippen molar-refractivity contribution >= 4 is 0 Å². The number of hydrogen-bond acceptors (Lipinski definition) is 3. The Morgan fingerprint density at radius 2 is 2.07 bits per heavy atom. The van der Waals surface area contributed by atoms with Gasteiger partial charge in [-0.15, -0.1) is 0 Å². The Morgan fingerprint density at radius 3 is 2.57 bits per heavy atom. The van der Waals surface area contributed by atoms with Gasteiger partial charge in [-0.1, -0.05) is 0 Å². The standard InChI is InChI=1S/C11H15NO2/c1-7-5-10(14-2)9(13)6-8(7)11(12)3-4-11/h5-6,13H,3-4,12H2,1-2H3. The van der Waals surface area contributed by atoms with Gasteiger partial charge in [0.25, 0.3) is 0 Å². The lowest BCUT2D eigenvalue weighted by Gasteiger charge is -2.15. The highest BCUT2D eigenvalue weighted by molar-refractivity contribution is 5.49. The van der Waals surface area contributed by atoms with Crippen molar-refractivity contribution in [3.8, 4) is 11.5 Å². The number of benzene rings is 1. The molecule has 2 rings (SSSR count). The molecule has 0 aliphatic heterocycles. The quantitative estimate of drug-likeness (QED) is 0.751. The van der Waals surface area contributed by atoms with E-state index in [0.29, 0.717) is 5.75 Å². The molecule has 14 heavy (non-hydrogen) atoms. The summed E-state index contributed by atoms with van der Waals surface area (Å²) >= 11 is 0. The smallest absolute Gasteiger partial charge is 0.160 e. The summed E-state index contributed by atoms with van der Waals surface area (Å²) in [6, 6.07) is 3.55. The average Bonchev–Trinajstić information content (AvgIpc) is 2.88. The van der Waals surface area contributed by atoms with Gasteiger partial charge in [0, 0.05) is 5.54 Å². The molecule has 1 saturated carbocycles. The Labute approximate surface area is 83.5 Å². The van der Waals surface area contributed by atoms with E-state index in [0.717, 1.165) is 24.0 Å². The van der Waals surface area contributed by atoms with Crippen molar-refractivity contribution in [1.82, 2.24) is 0 Å². The van der Waals surface area contributed by atoms with Crippen molar-refractivity contribution in [2.24, 2.45) is 5.73 Å². The number of rotatable bonds is 2. The second-order valence-corrected chi connectivity index (χ2v) is 4.00. The molecule has 1 aromatic carbocycles. The van der Waals surface area contributed by atoms with Gasteiger partial charge in [-0.25, -0.2) is 0 Å². The Bertz CT molecular complexity index is 370.